The van der Waals surface area contributed by atoms with E-state index in [0.29, 0.717) is 0 Å². The summed E-state index contributed by atoms with van der Waals surface area (Å²) in [6.45, 7) is 6.77. The Morgan fingerprint density at radius 1 is 0.815 bits per heavy atom. The number of rotatable bonds is 11. The van der Waals surface area contributed by atoms with Crippen molar-refractivity contribution in [2.45, 2.75) is 51.9 Å². The van der Waals surface area contributed by atoms with Crippen LogP contribution in [0.5, 0.6) is 0 Å². The topological polar surface area (TPSA) is 151 Å². The van der Waals surface area contributed by atoms with Crippen LogP contribution in [0.15, 0.2) is 0 Å². The van der Waals surface area contributed by atoms with Gasteiger partial charge in [-0.1, -0.05) is 27.7 Å². The van der Waals surface area contributed by atoms with Crippen molar-refractivity contribution < 1.29 is 24.3 Å². The van der Waals surface area contributed by atoms with E-state index in [2.05, 4.69) is 41.2 Å². The lowest BCUT2D eigenvalue weighted by Crippen LogP contribution is -2.59. The second-order valence-electron chi connectivity index (χ2n) is 6.83. The van der Waals surface area contributed by atoms with Crippen LogP contribution >= 0.6 is 25.3 Å². The fourth-order valence-electron chi connectivity index (χ4n) is 2.10. The molecule has 9 nitrogen and oxygen atoms in total. The average molecular weight is 423 g/mol. The molecule has 11 heteroatoms. The van der Waals surface area contributed by atoms with Crippen LogP contribution in [0.1, 0.15) is 27.7 Å². The summed E-state index contributed by atoms with van der Waals surface area (Å²) in [5.41, 5.74) is 5.60. The van der Waals surface area contributed by atoms with E-state index in [1.807, 2.05) is 0 Å². The molecule has 0 heterocycles. The predicted octanol–water partition coefficient (Wildman–Crippen LogP) is -0.976. The van der Waals surface area contributed by atoms with Gasteiger partial charge in [0.15, 0.2) is 0 Å². The number of carbonyl (C=O) groups is 4. The highest BCUT2D eigenvalue weighted by molar-refractivity contribution is 7.80. The average Bonchev–Trinajstić information content (AvgIpc) is 2.59. The normalized spacial score (nSPS) is 15.6. The summed E-state index contributed by atoms with van der Waals surface area (Å²) >= 11 is 8.00. The van der Waals surface area contributed by atoms with Gasteiger partial charge in [-0.25, -0.2) is 4.79 Å². The number of hydrogen-bond acceptors (Lipinski definition) is 7. The van der Waals surface area contributed by atoms with Gasteiger partial charge in [-0.15, -0.1) is 0 Å². The van der Waals surface area contributed by atoms with Gasteiger partial charge in [-0.3, -0.25) is 14.4 Å². The highest BCUT2D eigenvalue weighted by Gasteiger charge is 2.31. The number of carbonyl (C=O) groups excluding carboxylic acids is 3. The van der Waals surface area contributed by atoms with Gasteiger partial charge in [-0.05, 0) is 11.8 Å². The Kier molecular flexibility index (Phi) is 11.4. The number of carboxylic acids is 1. The summed E-state index contributed by atoms with van der Waals surface area (Å²) in [6.07, 6.45) is 0. The van der Waals surface area contributed by atoms with Crippen LogP contribution in [-0.2, 0) is 19.2 Å². The molecule has 0 aromatic heterocycles. The largest absolute Gasteiger partial charge is 0.480 e. The van der Waals surface area contributed by atoms with Gasteiger partial charge in [0.2, 0.25) is 17.7 Å². The predicted molar refractivity (Wildman–Crippen MR) is 109 cm³/mol. The van der Waals surface area contributed by atoms with Gasteiger partial charge < -0.3 is 26.8 Å². The maximum atomic E-state index is 12.5. The minimum atomic E-state index is -1.17. The molecule has 0 saturated heterocycles. The SMILES string of the molecule is CC(C)C(NC(=O)C(CS)NC(=O)C(NC(=O)C(N)CS)C(C)C)C(=O)O. The first-order chi connectivity index (χ1) is 12.5. The molecule has 27 heavy (non-hydrogen) atoms. The zero-order valence-corrected chi connectivity index (χ0v) is 17.7. The van der Waals surface area contributed by atoms with E-state index in [4.69, 9.17) is 5.73 Å². The Balaban J connectivity index is 5.13. The summed E-state index contributed by atoms with van der Waals surface area (Å²) < 4.78 is 0. The first kappa shape index (κ1) is 25.5. The Labute approximate surface area is 170 Å². The molecule has 0 aliphatic carbocycles. The number of nitrogens with one attached hydrogen (secondary N) is 3. The monoisotopic (exact) mass is 422 g/mol. The van der Waals surface area contributed by atoms with Crippen LogP contribution in [-0.4, -0.2) is 64.5 Å². The quantitative estimate of drug-likeness (QED) is 0.213. The van der Waals surface area contributed by atoms with Crippen molar-refractivity contribution in [3.8, 4) is 0 Å². The first-order valence-corrected chi connectivity index (χ1v) is 9.83. The van der Waals surface area contributed by atoms with Crippen molar-refractivity contribution in [3.63, 3.8) is 0 Å². The maximum absolute atomic E-state index is 12.5. The third-order valence-corrected chi connectivity index (χ3v) is 4.58. The van der Waals surface area contributed by atoms with E-state index in [0.717, 1.165) is 0 Å². The maximum Gasteiger partial charge on any atom is 0.326 e. The van der Waals surface area contributed by atoms with Gasteiger partial charge in [0, 0.05) is 11.5 Å². The highest BCUT2D eigenvalue weighted by atomic mass is 32.1. The molecule has 0 aromatic carbocycles. The van der Waals surface area contributed by atoms with Gasteiger partial charge in [0.05, 0.1) is 6.04 Å². The zero-order valence-electron chi connectivity index (χ0n) is 15.9. The fraction of sp³-hybridized carbons (Fsp3) is 0.750. The molecule has 156 valence electrons. The Morgan fingerprint density at radius 2 is 1.30 bits per heavy atom. The van der Waals surface area contributed by atoms with Crippen LogP contribution in [0.4, 0.5) is 0 Å². The summed E-state index contributed by atoms with van der Waals surface area (Å²) in [7, 11) is 0. The lowest BCUT2D eigenvalue weighted by molar-refractivity contribution is -0.143. The minimum absolute atomic E-state index is 0.0447. The lowest BCUT2D eigenvalue weighted by Gasteiger charge is -2.26. The van der Waals surface area contributed by atoms with Crippen molar-refractivity contribution >= 4 is 48.9 Å². The molecule has 3 amide bonds. The number of amides is 3. The van der Waals surface area contributed by atoms with Gasteiger partial charge in [-0.2, -0.15) is 25.3 Å². The van der Waals surface area contributed by atoms with Crippen molar-refractivity contribution in [1.29, 1.82) is 0 Å². The fourth-order valence-corrected chi connectivity index (χ4v) is 2.52. The first-order valence-electron chi connectivity index (χ1n) is 8.57. The molecule has 0 radical (unpaired) electrons. The van der Waals surface area contributed by atoms with E-state index in [1.165, 1.54) is 0 Å². The number of carboxylic acid groups (broad SMARTS) is 1. The Morgan fingerprint density at radius 3 is 1.67 bits per heavy atom. The van der Waals surface area contributed by atoms with Gasteiger partial charge >= 0.3 is 5.97 Å². The second kappa shape index (κ2) is 12.1. The lowest BCUT2D eigenvalue weighted by atomic mass is 10.0. The molecule has 0 bridgehead atoms. The highest BCUT2D eigenvalue weighted by Crippen LogP contribution is 2.06. The summed E-state index contributed by atoms with van der Waals surface area (Å²) in [5, 5.41) is 16.6. The molecular weight excluding hydrogens is 392 g/mol. The van der Waals surface area contributed by atoms with E-state index in [-0.39, 0.29) is 23.3 Å². The molecule has 0 rings (SSSR count). The minimum Gasteiger partial charge on any atom is -0.480 e. The third-order valence-electron chi connectivity index (χ3n) is 3.83. The standard InChI is InChI=1S/C16H30N4O5S2/c1-7(2)11(19-13(21)9(17)5-26)15(23)18-10(6-27)14(22)20-12(8(3)4)16(24)25/h7-12,26-27H,5-6,17H2,1-4H3,(H,18,23)(H,19,21)(H,20,22)(H,24,25). The van der Waals surface area contributed by atoms with Crippen molar-refractivity contribution in [3.05, 3.63) is 0 Å². The molecule has 4 atom stereocenters. The van der Waals surface area contributed by atoms with E-state index in [1.54, 1.807) is 27.7 Å². The molecule has 6 N–H and O–H groups in total. The van der Waals surface area contributed by atoms with E-state index >= 15 is 0 Å². The summed E-state index contributed by atoms with van der Waals surface area (Å²) in [6, 6.07) is -3.93. The zero-order chi connectivity index (χ0) is 21.3. The molecule has 0 aliphatic rings. The third kappa shape index (κ3) is 8.39. The van der Waals surface area contributed by atoms with Crippen molar-refractivity contribution in [2.75, 3.05) is 11.5 Å². The Hall–Kier alpha value is -1.46. The van der Waals surface area contributed by atoms with Crippen molar-refractivity contribution in [2.24, 2.45) is 17.6 Å². The molecule has 4 unspecified atom stereocenters. The van der Waals surface area contributed by atoms with Crippen LogP contribution < -0.4 is 21.7 Å². The summed E-state index contributed by atoms with van der Waals surface area (Å²) in [5.74, 6) is -3.49. The molecule has 0 spiro atoms. The van der Waals surface area contributed by atoms with Gasteiger partial charge in [0.25, 0.3) is 0 Å². The van der Waals surface area contributed by atoms with E-state index in [9.17, 15) is 24.3 Å². The second-order valence-corrected chi connectivity index (χ2v) is 7.56. The van der Waals surface area contributed by atoms with Crippen molar-refractivity contribution in [1.82, 2.24) is 16.0 Å². The molecule has 0 aliphatic heterocycles. The smallest absolute Gasteiger partial charge is 0.326 e. The summed E-state index contributed by atoms with van der Waals surface area (Å²) in [4.78, 5) is 48.1. The molecular formula is C16H30N4O5S2. The number of hydrogen-bond donors (Lipinski definition) is 7. The number of nitrogens with two attached hydrogens (primary N) is 1. The van der Waals surface area contributed by atoms with Crippen LogP contribution in [0, 0.1) is 11.8 Å². The van der Waals surface area contributed by atoms with Gasteiger partial charge in [0.1, 0.15) is 18.1 Å². The molecule has 0 aromatic rings. The Bertz CT molecular complexity index is 545. The van der Waals surface area contributed by atoms with E-state index < -0.39 is 47.9 Å². The number of aliphatic carboxylic acids is 1. The molecule has 0 fully saturated rings. The molecule has 0 saturated carbocycles. The number of thiol groups is 2. The van der Waals surface area contributed by atoms with Crippen LogP contribution in [0.2, 0.25) is 0 Å². The van der Waals surface area contributed by atoms with Crippen LogP contribution in [0.25, 0.3) is 0 Å². The van der Waals surface area contributed by atoms with Crippen LogP contribution in [0.3, 0.4) is 0 Å².